The number of carbonyl (C=O) groups excluding carboxylic acids is 7. The largest absolute Gasteiger partial charge is 0.476 e. The zero-order chi connectivity index (χ0) is 81.1. The van der Waals surface area contributed by atoms with E-state index in [4.69, 9.17) is 10.8 Å². The Morgan fingerprint density at radius 1 is 0.356 bits per heavy atom. The van der Waals surface area contributed by atoms with Crippen molar-refractivity contribution < 1.29 is 43.5 Å². The van der Waals surface area contributed by atoms with Crippen molar-refractivity contribution in [1.29, 1.82) is 0 Å². The van der Waals surface area contributed by atoms with Crippen LogP contribution in [0.4, 0.5) is 23.3 Å². The molecule has 4 saturated carbocycles. The summed E-state index contributed by atoms with van der Waals surface area (Å²) >= 11 is 4.90. The van der Waals surface area contributed by atoms with Gasteiger partial charge >= 0.3 is 5.97 Å². The molecule has 12 aromatic rings. The smallest absolute Gasteiger partial charge is 0.367 e. The van der Waals surface area contributed by atoms with Gasteiger partial charge in [0, 0.05) is 78.7 Å². The van der Waals surface area contributed by atoms with E-state index in [1.807, 2.05) is 164 Å². The first-order valence-corrected chi connectivity index (χ1v) is 41.3. The van der Waals surface area contributed by atoms with Crippen molar-refractivity contribution in [3.8, 4) is 0 Å². The van der Waals surface area contributed by atoms with E-state index in [2.05, 4.69) is 82.7 Å². The second-order valence-electron chi connectivity index (χ2n) is 29.6. The number of hydrogen-bond acceptors (Lipinski definition) is 25. The fourth-order valence-electron chi connectivity index (χ4n) is 15.6. The Labute approximate surface area is 694 Å². The van der Waals surface area contributed by atoms with Crippen LogP contribution in [0.1, 0.15) is 161 Å². The SMILES string of the molecule is C.CN1C(=O)[C@@H](N)C2C[C@H]2c2cccnc21.CN1C(=O)[C@@H](NC(=O)c2nnc(Cc3ccccc3)s2)C2C[C@H]2c2cccnc21.CN1C(=O)[C@@H](NC(=O)c2nnc(Cc3ccccc3)s2)[C@H]2C[C@H]2c2cccnc21.CN1C(=O)[C@H](NC(=O)c2nnc(Cc3ccccc3)s2)[C@@H]2C[C@@H]2c2cccnc21.O=C(O)c1nnc(Cc2ccccc2)s1. The van der Waals surface area contributed by atoms with Gasteiger partial charge in [-0.25, -0.2) is 24.7 Å². The van der Waals surface area contributed by atoms with Gasteiger partial charge < -0.3 is 26.8 Å². The number of carbonyl (C=O) groups is 8. The number of nitrogens with one attached hydrogen (secondary N) is 3. The van der Waals surface area contributed by atoms with Crippen LogP contribution in [-0.2, 0) is 44.9 Å². The molecule has 0 saturated heterocycles. The Morgan fingerprint density at radius 2 is 0.602 bits per heavy atom. The molecule has 118 heavy (non-hydrogen) atoms. The monoisotopic (exact) mass is 1650 g/mol. The first-order valence-electron chi connectivity index (χ1n) is 38.1. The maximum atomic E-state index is 13.0. The number of rotatable bonds is 15. The van der Waals surface area contributed by atoms with Crippen molar-refractivity contribution in [3.05, 3.63) is 279 Å². The molecule has 4 aromatic carbocycles. The quantitative estimate of drug-likeness (QED) is 0.0636. The standard InChI is InChI=1S/3C21H19N5O2S.C11H13N3O.C10H8N2O2S.CH4/c3*1-26-18-13(8-5-9-22-18)14-11-15(14)17(21(26)28)23-19(27)20-25-24-16(29-20)10-12-6-3-2-4-7-12;1-14-10-6(3-2-4-13-10)7-5-8(7)9(12)11(14)15;13-10(14)9-12-11-8(15-9)6-7-4-2-1-3-5-7;/h3*2-9,14-15,17H,10-11H2,1H3,(H,23,27);2-4,7-9H,5,12H2,1H3;1-5H,6H2,(H,13,14);1H4/t14-,15?,17-;2*14-,15-,17-;7-,8?,9-;;/m0100../s1. The molecule has 33 heteroatoms. The molecule has 4 aliphatic heterocycles. The van der Waals surface area contributed by atoms with Crippen molar-refractivity contribution in [2.45, 2.75) is 107 Å². The molecule has 8 aromatic heterocycles. The third kappa shape index (κ3) is 17.7. The van der Waals surface area contributed by atoms with Gasteiger partial charge in [-0.15, -0.1) is 40.8 Å². The van der Waals surface area contributed by atoms with Gasteiger partial charge in [-0.3, -0.25) is 53.2 Å². The maximum Gasteiger partial charge on any atom is 0.367 e. The Balaban J connectivity index is 0.000000118. The molecule has 600 valence electrons. The molecule has 2 unspecified atom stereocenters. The summed E-state index contributed by atoms with van der Waals surface area (Å²) in [4.78, 5) is 123. The van der Waals surface area contributed by atoms with Crippen molar-refractivity contribution in [2.24, 2.45) is 29.4 Å². The lowest BCUT2D eigenvalue weighted by Gasteiger charge is -2.22. The van der Waals surface area contributed by atoms with Crippen LogP contribution in [0.2, 0.25) is 0 Å². The molecule has 0 spiro atoms. The highest BCUT2D eigenvalue weighted by atomic mass is 32.1. The zero-order valence-corrected chi connectivity index (χ0v) is 66.9. The average molecular weight is 1660 g/mol. The van der Waals surface area contributed by atoms with Crippen LogP contribution < -0.4 is 41.3 Å². The van der Waals surface area contributed by atoms with Gasteiger partial charge in [0.1, 0.15) is 61.4 Å². The first-order chi connectivity index (χ1) is 56.8. The summed E-state index contributed by atoms with van der Waals surface area (Å²) in [6, 6.07) is 53.2. The molecule has 29 nitrogen and oxygen atoms in total. The van der Waals surface area contributed by atoms with Crippen LogP contribution in [0, 0.1) is 23.7 Å². The molecule has 6 N–H and O–H groups in total. The number of likely N-dealkylation sites (N-methyl/N-ethyl adjacent to an activating group) is 4. The van der Waals surface area contributed by atoms with Gasteiger partial charge in [-0.1, -0.05) is 198 Å². The fraction of sp³-hybridized carbons (Fsp3) is 0.294. The lowest BCUT2D eigenvalue weighted by atomic mass is 10.1. The number of benzene rings is 4. The summed E-state index contributed by atoms with van der Waals surface area (Å²) < 4.78 is 0. The van der Waals surface area contributed by atoms with Crippen LogP contribution in [0.3, 0.4) is 0 Å². The maximum absolute atomic E-state index is 13.0. The van der Waals surface area contributed by atoms with Gasteiger partial charge in [-0.05, 0) is 142 Å². The van der Waals surface area contributed by atoms with E-state index in [-0.39, 0.29) is 110 Å². The van der Waals surface area contributed by atoms with Gasteiger partial charge in [-0.2, -0.15) is 0 Å². The molecular formula is C85H82N20O9S4. The Morgan fingerprint density at radius 3 is 0.873 bits per heavy atom. The third-order valence-electron chi connectivity index (χ3n) is 21.9. The number of hydrogen-bond donors (Lipinski definition) is 5. The Kier molecular flexibility index (Phi) is 24.0. The van der Waals surface area contributed by atoms with E-state index in [0.717, 1.165) is 102 Å². The average Bonchev–Trinajstić information content (AvgIpc) is 1.60. The second kappa shape index (κ2) is 35.1. The van der Waals surface area contributed by atoms with E-state index >= 15 is 0 Å². The topological polar surface area (TPSA) is 387 Å². The van der Waals surface area contributed by atoms with E-state index in [0.29, 0.717) is 55.0 Å². The number of anilines is 4. The van der Waals surface area contributed by atoms with E-state index in [9.17, 15) is 38.4 Å². The lowest BCUT2D eigenvalue weighted by molar-refractivity contribution is -0.121. The number of fused-ring (bicyclic) bond motifs is 12. The van der Waals surface area contributed by atoms with Gasteiger partial charge in [0.2, 0.25) is 25.9 Å². The molecule has 12 atom stereocenters. The van der Waals surface area contributed by atoms with Gasteiger partial charge in [0.15, 0.2) is 0 Å². The highest BCUT2D eigenvalue weighted by Crippen LogP contribution is 2.57. The van der Waals surface area contributed by atoms with Crippen molar-refractivity contribution in [1.82, 2.24) is 76.7 Å². The van der Waals surface area contributed by atoms with Crippen LogP contribution >= 0.6 is 45.3 Å². The highest BCUT2D eigenvalue weighted by molar-refractivity contribution is 7.14. The Bertz CT molecular complexity index is 5290. The Hall–Kier alpha value is -12.6. The van der Waals surface area contributed by atoms with Crippen LogP contribution in [0.5, 0.6) is 0 Å². The number of aromatic nitrogens is 12. The minimum atomic E-state index is -1.02. The number of pyridine rings is 4. The molecule has 0 bridgehead atoms. The predicted octanol–water partition coefficient (Wildman–Crippen LogP) is 10.2. The number of nitrogens with two attached hydrogens (primary N) is 1. The first kappa shape index (κ1) is 80.6. The normalized spacial score (nSPS) is 22.0. The van der Waals surface area contributed by atoms with Crippen molar-refractivity contribution >= 4 is 116 Å². The molecule has 0 radical (unpaired) electrons. The molecular weight excluding hydrogens is 1570 g/mol. The van der Waals surface area contributed by atoms with Crippen LogP contribution in [0.25, 0.3) is 0 Å². The summed E-state index contributed by atoms with van der Waals surface area (Å²) in [5, 5.41) is 53.3. The second-order valence-corrected chi connectivity index (χ2v) is 33.9. The molecule has 4 aliphatic carbocycles. The van der Waals surface area contributed by atoms with E-state index < -0.39 is 24.1 Å². The summed E-state index contributed by atoms with van der Waals surface area (Å²) in [7, 11) is 6.88. The molecule has 7 amide bonds. The molecule has 12 heterocycles. The highest BCUT2D eigenvalue weighted by Gasteiger charge is 2.56. The van der Waals surface area contributed by atoms with Crippen LogP contribution in [-0.4, -0.2) is 166 Å². The third-order valence-corrected chi connectivity index (χ3v) is 25.6. The van der Waals surface area contributed by atoms with Crippen LogP contribution in [0.15, 0.2) is 195 Å². The van der Waals surface area contributed by atoms with E-state index in [1.54, 1.807) is 72.6 Å². The number of carboxylic acid groups (broad SMARTS) is 1. The number of amides is 7. The lowest BCUT2D eigenvalue weighted by Crippen LogP contribution is -2.48. The zero-order valence-electron chi connectivity index (χ0n) is 63.6. The number of aromatic carboxylic acids is 1. The minimum absolute atomic E-state index is 0. The van der Waals surface area contributed by atoms with Crippen molar-refractivity contribution in [3.63, 3.8) is 0 Å². The summed E-state index contributed by atoms with van der Waals surface area (Å²) in [5.74, 6) is 2.12. The number of nitrogens with zero attached hydrogens (tertiary/aromatic N) is 16. The fourth-order valence-corrected chi connectivity index (χ4v) is 18.6. The summed E-state index contributed by atoms with van der Waals surface area (Å²) in [6.45, 7) is 0. The van der Waals surface area contributed by atoms with Gasteiger partial charge in [0.05, 0.1) is 6.04 Å². The molecule has 20 rings (SSSR count). The molecule has 4 fully saturated rings. The van der Waals surface area contributed by atoms with E-state index in [1.165, 1.54) is 39.6 Å². The summed E-state index contributed by atoms with van der Waals surface area (Å²) in [5.41, 5.74) is 14.8. The number of carboxylic acids is 1. The predicted molar refractivity (Wildman–Crippen MR) is 446 cm³/mol. The summed E-state index contributed by atoms with van der Waals surface area (Å²) in [6.07, 6.45) is 12.9. The van der Waals surface area contributed by atoms with Gasteiger partial charge in [0.25, 0.3) is 35.4 Å². The molecule has 8 aliphatic rings. The minimum Gasteiger partial charge on any atom is -0.476 e. The van der Waals surface area contributed by atoms with Crippen molar-refractivity contribution in [2.75, 3.05) is 47.8 Å².